The molecule has 0 aliphatic carbocycles. The summed E-state index contributed by atoms with van der Waals surface area (Å²) in [6, 6.07) is 0.445. The van der Waals surface area contributed by atoms with Crippen molar-refractivity contribution in [1.82, 2.24) is 15.1 Å². The Balaban J connectivity index is 1.89. The molecule has 4 nitrogen and oxygen atoms in total. The minimum Gasteiger partial charge on any atom is -0.379 e. The molecule has 0 amide bonds. The van der Waals surface area contributed by atoms with Gasteiger partial charge in [0.25, 0.3) is 0 Å². The van der Waals surface area contributed by atoms with Gasteiger partial charge in [0, 0.05) is 30.3 Å². The lowest BCUT2D eigenvalue weighted by Gasteiger charge is -2.24. The number of ether oxygens (including phenoxy) is 1. The van der Waals surface area contributed by atoms with E-state index in [0.29, 0.717) is 12.0 Å². The maximum Gasteiger partial charge on any atom is 0.0756 e. The summed E-state index contributed by atoms with van der Waals surface area (Å²) in [7, 11) is 0. The van der Waals surface area contributed by atoms with Gasteiger partial charge in [-0.1, -0.05) is 0 Å². The average molecular weight is 249 g/mol. The molecule has 0 aromatic carbocycles. The highest BCUT2D eigenvalue weighted by Gasteiger charge is 2.26. The quantitative estimate of drug-likeness (QED) is 0.870. The molecule has 2 unspecified atom stereocenters. The molecule has 3 rings (SSSR count). The van der Waals surface area contributed by atoms with E-state index in [0.717, 1.165) is 32.7 Å². The van der Waals surface area contributed by atoms with Crippen LogP contribution in [0.5, 0.6) is 0 Å². The van der Waals surface area contributed by atoms with Crippen molar-refractivity contribution in [2.45, 2.75) is 45.1 Å². The maximum absolute atomic E-state index is 5.59. The van der Waals surface area contributed by atoms with Crippen molar-refractivity contribution >= 4 is 0 Å². The van der Waals surface area contributed by atoms with Crippen LogP contribution in [-0.2, 0) is 4.74 Å². The summed E-state index contributed by atoms with van der Waals surface area (Å²) in [5.74, 6) is 0.656. The Morgan fingerprint density at radius 2 is 2.22 bits per heavy atom. The first-order valence-corrected chi connectivity index (χ1v) is 7.11. The van der Waals surface area contributed by atoms with Crippen LogP contribution in [0, 0.1) is 13.8 Å². The minimum absolute atomic E-state index is 0.445. The predicted molar refractivity (Wildman–Crippen MR) is 71.0 cm³/mol. The number of rotatable bonds is 2. The van der Waals surface area contributed by atoms with Crippen molar-refractivity contribution in [2.75, 3.05) is 26.3 Å². The van der Waals surface area contributed by atoms with Crippen molar-refractivity contribution in [1.29, 1.82) is 0 Å². The van der Waals surface area contributed by atoms with Crippen LogP contribution in [-0.4, -0.2) is 36.1 Å². The lowest BCUT2D eigenvalue weighted by Crippen LogP contribution is -2.23. The van der Waals surface area contributed by atoms with Crippen molar-refractivity contribution < 1.29 is 4.74 Å². The van der Waals surface area contributed by atoms with Crippen LogP contribution >= 0.6 is 0 Å². The van der Waals surface area contributed by atoms with Crippen LogP contribution < -0.4 is 5.32 Å². The second kappa shape index (κ2) is 5.02. The first-order chi connectivity index (χ1) is 8.77. The summed E-state index contributed by atoms with van der Waals surface area (Å²) < 4.78 is 7.82. The van der Waals surface area contributed by atoms with E-state index in [1.165, 1.54) is 29.8 Å². The molecule has 2 saturated heterocycles. The molecule has 0 saturated carbocycles. The molecule has 0 bridgehead atoms. The SMILES string of the molecule is Cc1nn(C2CCCOC2)c(C)c1C1CCNC1. The van der Waals surface area contributed by atoms with Gasteiger partial charge in [0.05, 0.1) is 18.3 Å². The molecule has 0 radical (unpaired) electrons. The van der Waals surface area contributed by atoms with E-state index in [2.05, 4.69) is 23.8 Å². The molecule has 2 fully saturated rings. The van der Waals surface area contributed by atoms with Crippen molar-refractivity contribution in [3.05, 3.63) is 17.0 Å². The van der Waals surface area contributed by atoms with Gasteiger partial charge < -0.3 is 10.1 Å². The first-order valence-electron chi connectivity index (χ1n) is 7.11. The van der Waals surface area contributed by atoms with Gasteiger partial charge in [0.15, 0.2) is 0 Å². The van der Waals surface area contributed by atoms with E-state index in [4.69, 9.17) is 9.84 Å². The Kier molecular flexibility index (Phi) is 3.39. The molecule has 1 aromatic rings. The number of hydrogen-bond donors (Lipinski definition) is 1. The fraction of sp³-hybridized carbons (Fsp3) is 0.786. The largest absolute Gasteiger partial charge is 0.379 e. The zero-order valence-electron chi connectivity index (χ0n) is 11.4. The number of aryl methyl sites for hydroxylation is 1. The van der Waals surface area contributed by atoms with Gasteiger partial charge in [-0.25, -0.2) is 0 Å². The van der Waals surface area contributed by atoms with E-state index in [-0.39, 0.29) is 0 Å². The third-order valence-corrected chi connectivity index (χ3v) is 4.33. The van der Waals surface area contributed by atoms with Gasteiger partial charge in [0.1, 0.15) is 0 Å². The van der Waals surface area contributed by atoms with E-state index < -0.39 is 0 Å². The molecular formula is C14H23N3O. The topological polar surface area (TPSA) is 39.1 Å². The monoisotopic (exact) mass is 249 g/mol. The summed E-state index contributed by atoms with van der Waals surface area (Å²) in [6.07, 6.45) is 3.60. The Hall–Kier alpha value is -0.870. The van der Waals surface area contributed by atoms with Crippen molar-refractivity contribution in [3.63, 3.8) is 0 Å². The molecule has 3 heterocycles. The number of nitrogens with one attached hydrogen (secondary N) is 1. The highest BCUT2D eigenvalue weighted by atomic mass is 16.5. The van der Waals surface area contributed by atoms with E-state index in [1.54, 1.807) is 0 Å². The van der Waals surface area contributed by atoms with Gasteiger partial charge >= 0.3 is 0 Å². The van der Waals surface area contributed by atoms with Crippen molar-refractivity contribution in [3.8, 4) is 0 Å². The standard InChI is InChI=1S/C14H23N3O/c1-10-14(12-5-6-15-8-12)11(2)17(16-10)13-4-3-7-18-9-13/h12-13,15H,3-9H2,1-2H3. The van der Waals surface area contributed by atoms with E-state index in [1.807, 2.05) is 0 Å². The maximum atomic E-state index is 5.59. The zero-order valence-corrected chi connectivity index (χ0v) is 11.4. The van der Waals surface area contributed by atoms with Crippen LogP contribution in [0.2, 0.25) is 0 Å². The average Bonchev–Trinajstić information content (AvgIpc) is 2.99. The third kappa shape index (κ3) is 2.08. The van der Waals surface area contributed by atoms with Crippen molar-refractivity contribution in [2.24, 2.45) is 0 Å². The first kappa shape index (κ1) is 12.2. The van der Waals surface area contributed by atoms with E-state index in [9.17, 15) is 0 Å². The summed E-state index contributed by atoms with van der Waals surface area (Å²) in [5.41, 5.74) is 4.05. The molecule has 100 valence electrons. The smallest absolute Gasteiger partial charge is 0.0756 e. The van der Waals surface area contributed by atoms with Gasteiger partial charge in [-0.2, -0.15) is 5.10 Å². The molecule has 4 heteroatoms. The second-order valence-electron chi connectivity index (χ2n) is 5.59. The van der Waals surface area contributed by atoms with E-state index >= 15 is 0 Å². The Labute approximate surface area is 109 Å². The number of nitrogens with zero attached hydrogens (tertiary/aromatic N) is 2. The highest BCUT2D eigenvalue weighted by Crippen LogP contribution is 2.31. The Morgan fingerprint density at radius 1 is 1.33 bits per heavy atom. The fourth-order valence-corrected chi connectivity index (χ4v) is 3.44. The summed E-state index contributed by atoms with van der Waals surface area (Å²) >= 11 is 0. The predicted octanol–water partition coefficient (Wildman–Crippen LogP) is 1.93. The van der Waals surface area contributed by atoms with Crippen LogP contribution in [0.15, 0.2) is 0 Å². The molecule has 2 aliphatic heterocycles. The fourth-order valence-electron chi connectivity index (χ4n) is 3.44. The number of aromatic nitrogens is 2. The number of hydrogen-bond acceptors (Lipinski definition) is 3. The van der Waals surface area contributed by atoms with Gasteiger partial charge in [-0.15, -0.1) is 0 Å². The summed E-state index contributed by atoms with van der Waals surface area (Å²) in [6.45, 7) is 8.36. The Morgan fingerprint density at radius 3 is 2.89 bits per heavy atom. The molecule has 1 N–H and O–H groups in total. The highest BCUT2D eigenvalue weighted by molar-refractivity contribution is 5.30. The van der Waals surface area contributed by atoms with Gasteiger partial charge in [0.2, 0.25) is 0 Å². The zero-order chi connectivity index (χ0) is 12.5. The van der Waals surface area contributed by atoms with Gasteiger partial charge in [-0.3, -0.25) is 4.68 Å². The van der Waals surface area contributed by atoms with Crippen LogP contribution in [0.3, 0.4) is 0 Å². The minimum atomic E-state index is 0.445. The summed E-state index contributed by atoms with van der Waals surface area (Å²) in [4.78, 5) is 0. The molecule has 0 spiro atoms. The molecular weight excluding hydrogens is 226 g/mol. The lowest BCUT2D eigenvalue weighted by atomic mass is 9.96. The lowest BCUT2D eigenvalue weighted by molar-refractivity contribution is 0.0541. The van der Waals surface area contributed by atoms with Crippen LogP contribution in [0.4, 0.5) is 0 Å². The van der Waals surface area contributed by atoms with Gasteiger partial charge in [-0.05, 0) is 39.7 Å². The van der Waals surface area contributed by atoms with Crippen LogP contribution in [0.1, 0.15) is 48.2 Å². The second-order valence-corrected chi connectivity index (χ2v) is 5.59. The molecule has 2 atom stereocenters. The molecule has 1 aromatic heterocycles. The van der Waals surface area contributed by atoms with Crippen LogP contribution in [0.25, 0.3) is 0 Å². The third-order valence-electron chi connectivity index (χ3n) is 4.33. The normalized spacial score (nSPS) is 28.8. The Bertz CT molecular complexity index is 415. The molecule has 18 heavy (non-hydrogen) atoms. The molecule has 2 aliphatic rings. The summed E-state index contributed by atoms with van der Waals surface area (Å²) in [5, 5.41) is 8.24.